The van der Waals surface area contributed by atoms with Gasteiger partial charge in [0.05, 0.1) is 7.11 Å². The van der Waals surface area contributed by atoms with Crippen molar-refractivity contribution in [2.75, 3.05) is 33.3 Å². The van der Waals surface area contributed by atoms with E-state index in [0.717, 1.165) is 13.1 Å². The summed E-state index contributed by atoms with van der Waals surface area (Å²) in [4.78, 5) is 1.96. The fourth-order valence-electron chi connectivity index (χ4n) is 2.64. The van der Waals surface area contributed by atoms with Gasteiger partial charge in [-0.3, -0.25) is 4.90 Å². The Kier molecular flexibility index (Phi) is 7.28. The molecular weight excluding hydrogens is 305 g/mol. The number of nitrogens with one attached hydrogen (secondary N) is 1. The van der Waals surface area contributed by atoms with E-state index in [1.54, 1.807) is 6.07 Å². The number of methoxy groups -OCH3 is 1. The van der Waals surface area contributed by atoms with Gasteiger partial charge < -0.3 is 10.1 Å². The number of halogens is 4. The Labute approximate surface area is 128 Å². The number of rotatable bonds is 5. The molecule has 0 spiro atoms. The predicted molar refractivity (Wildman–Crippen MR) is 78.0 cm³/mol. The zero-order valence-corrected chi connectivity index (χ0v) is 12.6. The number of hydrogen-bond donors (Lipinski definition) is 1. The highest BCUT2D eigenvalue weighted by Gasteiger charge is 2.28. The largest absolute Gasteiger partial charge is 0.493 e. The Hall–Kier alpha value is -0.980. The van der Waals surface area contributed by atoms with Crippen molar-refractivity contribution >= 4 is 12.4 Å². The standard InChI is InChI=1S/C14H19F3N2O.ClH/c1-20-14-10(3-2-4-11(14)15)12(9-13(16)17)19-7-5-18-6-8-19;/h2-4,12-13,18H,5-9H2,1H3;1H/t12-;/m1./s1. The van der Waals surface area contributed by atoms with Crippen molar-refractivity contribution in [2.24, 2.45) is 0 Å². The average molecular weight is 325 g/mol. The van der Waals surface area contributed by atoms with E-state index < -0.39 is 18.3 Å². The topological polar surface area (TPSA) is 24.5 Å². The number of para-hydroxylation sites is 1. The number of nitrogens with zero attached hydrogens (tertiary/aromatic N) is 1. The van der Waals surface area contributed by atoms with Crippen LogP contribution in [0.3, 0.4) is 0 Å². The second kappa shape index (κ2) is 8.46. The summed E-state index contributed by atoms with van der Waals surface area (Å²) in [5, 5.41) is 3.18. The molecule has 0 aromatic heterocycles. The summed E-state index contributed by atoms with van der Waals surface area (Å²) in [6.45, 7) is 2.82. The first-order valence-electron chi connectivity index (χ1n) is 6.68. The lowest BCUT2D eigenvalue weighted by molar-refractivity contribution is 0.0727. The van der Waals surface area contributed by atoms with Gasteiger partial charge >= 0.3 is 0 Å². The van der Waals surface area contributed by atoms with Crippen LogP contribution in [0.15, 0.2) is 18.2 Å². The van der Waals surface area contributed by atoms with Gasteiger partial charge in [-0.25, -0.2) is 13.2 Å². The molecule has 1 heterocycles. The smallest absolute Gasteiger partial charge is 0.240 e. The first-order valence-corrected chi connectivity index (χ1v) is 6.68. The van der Waals surface area contributed by atoms with Crippen molar-refractivity contribution in [3.8, 4) is 5.75 Å². The highest BCUT2D eigenvalue weighted by Crippen LogP contribution is 2.35. The van der Waals surface area contributed by atoms with Crippen LogP contribution in [-0.2, 0) is 0 Å². The molecule has 1 aromatic rings. The van der Waals surface area contributed by atoms with Gasteiger partial charge in [-0.2, -0.15) is 0 Å². The summed E-state index contributed by atoms with van der Waals surface area (Å²) in [5.74, 6) is -0.448. The van der Waals surface area contributed by atoms with Crippen molar-refractivity contribution in [3.63, 3.8) is 0 Å². The molecule has 0 bridgehead atoms. The molecule has 1 aliphatic rings. The van der Waals surface area contributed by atoms with Gasteiger partial charge in [-0.15, -0.1) is 12.4 Å². The lowest BCUT2D eigenvalue weighted by atomic mass is 10.00. The van der Waals surface area contributed by atoms with Crippen LogP contribution in [0, 0.1) is 5.82 Å². The Bertz CT molecular complexity index is 442. The fourth-order valence-corrected chi connectivity index (χ4v) is 2.64. The maximum absolute atomic E-state index is 13.8. The van der Waals surface area contributed by atoms with E-state index in [9.17, 15) is 13.2 Å². The molecule has 0 aliphatic carbocycles. The maximum atomic E-state index is 13.8. The van der Waals surface area contributed by atoms with Crippen LogP contribution >= 0.6 is 12.4 Å². The summed E-state index contributed by atoms with van der Waals surface area (Å²) in [5.41, 5.74) is 0.495. The summed E-state index contributed by atoms with van der Waals surface area (Å²) >= 11 is 0. The van der Waals surface area contributed by atoms with Gasteiger partial charge in [0, 0.05) is 44.2 Å². The molecule has 1 aliphatic heterocycles. The van der Waals surface area contributed by atoms with Crippen LogP contribution in [0.25, 0.3) is 0 Å². The van der Waals surface area contributed by atoms with Crippen molar-refractivity contribution in [1.82, 2.24) is 10.2 Å². The number of piperazine rings is 1. The Balaban J connectivity index is 0.00000220. The third-order valence-electron chi connectivity index (χ3n) is 3.55. The van der Waals surface area contributed by atoms with Gasteiger partial charge in [0.2, 0.25) is 6.43 Å². The third kappa shape index (κ3) is 4.49. The van der Waals surface area contributed by atoms with Crippen molar-refractivity contribution in [2.45, 2.75) is 18.9 Å². The lowest BCUT2D eigenvalue weighted by Gasteiger charge is -2.35. The Morgan fingerprint density at radius 1 is 1.29 bits per heavy atom. The highest BCUT2D eigenvalue weighted by molar-refractivity contribution is 5.85. The fraction of sp³-hybridized carbons (Fsp3) is 0.571. The minimum atomic E-state index is -2.44. The van der Waals surface area contributed by atoms with Crippen LogP contribution in [0.5, 0.6) is 5.75 Å². The van der Waals surface area contributed by atoms with E-state index in [0.29, 0.717) is 18.7 Å². The number of hydrogen-bond acceptors (Lipinski definition) is 3. The molecular formula is C14H20ClF3N2O. The van der Waals surface area contributed by atoms with Crippen molar-refractivity contribution in [3.05, 3.63) is 29.6 Å². The van der Waals surface area contributed by atoms with E-state index in [1.165, 1.54) is 19.2 Å². The van der Waals surface area contributed by atoms with E-state index in [2.05, 4.69) is 5.32 Å². The summed E-state index contributed by atoms with van der Waals surface area (Å²) in [7, 11) is 1.36. The zero-order chi connectivity index (χ0) is 14.5. The molecule has 2 rings (SSSR count). The molecule has 1 aromatic carbocycles. The normalized spacial score (nSPS) is 17.4. The van der Waals surface area contributed by atoms with Crippen LogP contribution in [0.2, 0.25) is 0 Å². The summed E-state index contributed by atoms with van der Waals surface area (Å²) in [6.07, 6.45) is -2.76. The molecule has 0 saturated carbocycles. The molecule has 1 atom stereocenters. The van der Waals surface area contributed by atoms with E-state index in [-0.39, 0.29) is 24.6 Å². The summed E-state index contributed by atoms with van der Waals surface area (Å²) in [6, 6.07) is 3.95. The second-order valence-electron chi connectivity index (χ2n) is 4.79. The minimum Gasteiger partial charge on any atom is -0.493 e. The number of ether oxygens (including phenoxy) is 1. The molecule has 1 N–H and O–H groups in total. The molecule has 0 amide bonds. The first kappa shape index (κ1) is 18.1. The molecule has 1 saturated heterocycles. The van der Waals surface area contributed by atoms with Crippen molar-refractivity contribution in [1.29, 1.82) is 0 Å². The van der Waals surface area contributed by atoms with E-state index in [1.807, 2.05) is 4.90 Å². The molecule has 120 valence electrons. The summed E-state index contributed by atoms with van der Waals surface area (Å²) < 4.78 is 44.6. The molecule has 0 radical (unpaired) electrons. The third-order valence-corrected chi connectivity index (χ3v) is 3.55. The van der Waals surface area contributed by atoms with Crippen LogP contribution in [0.1, 0.15) is 18.0 Å². The van der Waals surface area contributed by atoms with Gasteiger partial charge in [0.25, 0.3) is 0 Å². The van der Waals surface area contributed by atoms with Gasteiger partial charge in [-0.1, -0.05) is 12.1 Å². The molecule has 3 nitrogen and oxygen atoms in total. The number of alkyl halides is 2. The van der Waals surface area contributed by atoms with Crippen LogP contribution in [-0.4, -0.2) is 44.6 Å². The number of benzene rings is 1. The van der Waals surface area contributed by atoms with Crippen LogP contribution in [0.4, 0.5) is 13.2 Å². The average Bonchev–Trinajstić information content (AvgIpc) is 2.45. The Morgan fingerprint density at radius 2 is 1.95 bits per heavy atom. The quantitative estimate of drug-likeness (QED) is 0.901. The molecule has 21 heavy (non-hydrogen) atoms. The van der Waals surface area contributed by atoms with Crippen LogP contribution < -0.4 is 10.1 Å². The van der Waals surface area contributed by atoms with Gasteiger partial charge in [-0.05, 0) is 6.07 Å². The van der Waals surface area contributed by atoms with E-state index in [4.69, 9.17) is 4.74 Å². The van der Waals surface area contributed by atoms with Gasteiger partial charge in [0.15, 0.2) is 11.6 Å². The highest BCUT2D eigenvalue weighted by atomic mass is 35.5. The molecule has 0 unspecified atom stereocenters. The molecule has 7 heteroatoms. The monoisotopic (exact) mass is 324 g/mol. The van der Waals surface area contributed by atoms with E-state index >= 15 is 0 Å². The Morgan fingerprint density at radius 3 is 2.52 bits per heavy atom. The van der Waals surface area contributed by atoms with Gasteiger partial charge in [0.1, 0.15) is 0 Å². The zero-order valence-electron chi connectivity index (χ0n) is 11.8. The van der Waals surface area contributed by atoms with Crippen molar-refractivity contribution < 1.29 is 17.9 Å². The maximum Gasteiger partial charge on any atom is 0.240 e. The SMILES string of the molecule is COc1c(F)cccc1[C@@H](CC(F)F)N1CCNCC1.Cl. The predicted octanol–water partition coefficient (Wildman–Crippen LogP) is 2.86. The first-order chi connectivity index (χ1) is 9.63. The minimum absolute atomic E-state index is 0. The molecule has 1 fully saturated rings. The second-order valence-corrected chi connectivity index (χ2v) is 4.79. The lowest BCUT2D eigenvalue weighted by Crippen LogP contribution is -2.45.